The van der Waals surface area contributed by atoms with Gasteiger partial charge in [0.1, 0.15) is 17.3 Å². The number of amides is 1. The van der Waals surface area contributed by atoms with Crippen molar-refractivity contribution in [2.45, 2.75) is 19.3 Å². The van der Waals surface area contributed by atoms with E-state index in [4.69, 9.17) is 13.9 Å². The average Bonchev–Trinajstić information content (AvgIpc) is 2.72. The Kier molecular flexibility index (Phi) is 6.49. The summed E-state index contributed by atoms with van der Waals surface area (Å²) in [5.74, 6) is -0.678. The first kappa shape index (κ1) is 21.8. The van der Waals surface area contributed by atoms with Crippen molar-refractivity contribution in [2.24, 2.45) is 0 Å². The molecule has 0 fully saturated rings. The van der Waals surface area contributed by atoms with E-state index in [0.717, 1.165) is 0 Å². The molecule has 3 rings (SSSR count). The summed E-state index contributed by atoms with van der Waals surface area (Å²) in [6.45, 7) is 1.54. The number of ether oxygens (including phenoxy) is 2. The lowest BCUT2D eigenvalue weighted by molar-refractivity contribution is -0.116. The van der Waals surface area contributed by atoms with Crippen molar-refractivity contribution in [3.8, 4) is 23.0 Å². The molecule has 31 heavy (non-hydrogen) atoms. The quantitative estimate of drug-likeness (QED) is 0.530. The van der Waals surface area contributed by atoms with Crippen molar-refractivity contribution in [3.05, 3.63) is 75.8 Å². The van der Waals surface area contributed by atoms with Gasteiger partial charge in [-0.05, 0) is 36.8 Å². The van der Waals surface area contributed by atoms with Crippen LogP contribution in [-0.2, 0) is 4.79 Å². The van der Waals surface area contributed by atoms with E-state index in [1.807, 2.05) is 0 Å². The highest BCUT2D eigenvalue weighted by atomic mass is 16.5. The standard InChI is InChI=1S/C23H23NO7/c1-13-9-19(26)22(23(28)31-13)17(14-7-8-20(30-3)18(25)10-14)12-21(27)24-15-5-4-6-16(11-15)29-2/h4-11,17,25-26H,12H2,1-3H3,(H,24,27). The van der Waals surface area contributed by atoms with Crippen molar-refractivity contribution in [3.63, 3.8) is 0 Å². The fraction of sp³-hybridized carbons (Fsp3) is 0.217. The van der Waals surface area contributed by atoms with E-state index in [9.17, 15) is 19.8 Å². The second-order valence-corrected chi connectivity index (χ2v) is 6.91. The number of aryl methyl sites for hydroxylation is 1. The van der Waals surface area contributed by atoms with Gasteiger partial charge in [0.25, 0.3) is 0 Å². The smallest absolute Gasteiger partial charge is 0.343 e. The molecule has 1 unspecified atom stereocenters. The minimum absolute atomic E-state index is 0.0732. The number of aromatic hydroxyl groups is 2. The van der Waals surface area contributed by atoms with E-state index < -0.39 is 17.5 Å². The van der Waals surface area contributed by atoms with Crippen molar-refractivity contribution < 1.29 is 28.9 Å². The van der Waals surface area contributed by atoms with Gasteiger partial charge in [-0.25, -0.2) is 4.79 Å². The maximum Gasteiger partial charge on any atom is 0.343 e. The van der Waals surface area contributed by atoms with E-state index in [1.165, 1.54) is 39.3 Å². The molecule has 2 aromatic carbocycles. The molecule has 1 atom stereocenters. The van der Waals surface area contributed by atoms with Gasteiger partial charge in [0.05, 0.1) is 19.8 Å². The summed E-state index contributed by atoms with van der Waals surface area (Å²) in [5.41, 5.74) is 0.120. The number of anilines is 1. The molecule has 0 aliphatic rings. The molecule has 8 heteroatoms. The summed E-state index contributed by atoms with van der Waals surface area (Å²) in [5, 5.41) is 23.4. The molecule has 0 saturated heterocycles. The number of carbonyl (C=O) groups is 1. The van der Waals surface area contributed by atoms with Gasteiger partial charge >= 0.3 is 5.63 Å². The normalized spacial score (nSPS) is 11.6. The number of carbonyl (C=O) groups excluding carboxylic acids is 1. The number of rotatable bonds is 7. The van der Waals surface area contributed by atoms with Crippen LogP contribution in [0.15, 0.2) is 57.7 Å². The molecule has 0 bridgehead atoms. The summed E-state index contributed by atoms with van der Waals surface area (Å²) in [6.07, 6.45) is -0.190. The summed E-state index contributed by atoms with van der Waals surface area (Å²) < 4.78 is 15.4. The molecule has 1 aromatic heterocycles. The molecule has 0 spiro atoms. The van der Waals surface area contributed by atoms with Gasteiger partial charge in [0, 0.05) is 30.2 Å². The maximum atomic E-state index is 12.8. The second-order valence-electron chi connectivity index (χ2n) is 6.91. The molecule has 162 valence electrons. The van der Waals surface area contributed by atoms with Gasteiger partial charge in [-0.15, -0.1) is 0 Å². The number of methoxy groups -OCH3 is 2. The highest BCUT2D eigenvalue weighted by molar-refractivity contribution is 5.91. The van der Waals surface area contributed by atoms with Gasteiger partial charge in [0.2, 0.25) is 5.91 Å². The van der Waals surface area contributed by atoms with Crippen LogP contribution in [0.4, 0.5) is 5.69 Å². The third-order valence-corrected chi connectivity index (χ3v) is 4.79. The zero-order chi connectivity index (χ0) is 22.5. The molecule has 3 N–H and O–H groups in total. The van der Waals surface area contributed by atoms with Crippen molar-refractivity contribution in [1.82, 2.24) is 0 Å². The lowest BCUT2D eigenvalue weighted by Gasteiger charge is -2.19. The Morgan fingerprint density at radius 2 is 1.84 bits per heavy atom. The fourth-order valence-corrected chi connectivity index (χ4v) is 3.33. The number of hydrogen-bond acceptors (Lipinski definition) is 7. The molecule has 3 aromatic rings. The van der Waals surface area contributed by atoms with E-state index in [1.54, 1.807) is 30.3 Å². The Labute approximate surface area is 178 Å². The summed E-state index contributed by atoms with van der Waals surface area (Å²) >= 11 is 0. The SMILES string of the molecule is COc1cccc(NC(=O)CC(c2ccc(OC)c(O)c2)c2c(O)cc(C)oc2=O)c1. The number of phenols is 1. The van der Waals surface area contributed by atoms with Crippen LogP contribution in [0.3, 0.4) is 0 Å². The third kappa shape index (κ3) is 4.98. The maximum absolute atomic E-state index is 12.8. The van der Waals surface area contributed by atoms with Crippen LogP contribution < -0.4 is 20.4 Å². The summed E-state index contributed by atoms with van der Waals surface area (Å²) in [4.78, 5) is 25.4. The first-order valence-electron chi connectivity index (χ1n) is 9.46. The van der Waals surface area contributed by atoms with Crippen molar-refractivity contribution in [1.29, 1.82) is 0 Å². The molecular weight excluding hydrogens is 402 g/mol. The van der Waals surface area contributed by atoms with E-state index in [-0.39, 0.29) is 35.0 Å². The van der Waals surface area contributed by atoms with Crippen molar-refractivity contribution in [2.75, 3.05) is 19.5 Å². The second kappa shape index (κ2) is 9.25. The van der Waals surface area contributed by atoms with Crippen LogP contribution in [0, 0.1) is 6.92 Å². The van der Waals surface area contributed by atoms with Gasteiger partial charge in [-0.2, -0.15) is 0 Å². The van der Waals surface area contributed by atoms with Crippen LogP contribution >= 0.6 is 0 Å². The Morgan fingerprint density at radius 1 is 1.06 bits per heavy atom. The Morgan fingerprint density at radius 3 is 2.48 bits per heavy atom. The number of benzene rings is 2. The van der Waals surface area contributed by atoms with E-state index in [2.05, 4.69) is 5.32 Å². The zero-order valence-electron chi connectivity index (χ0n) is 17.3. The minimum Gasteiger partial charge on any atom is -0.507 e. The third-order valence-electron chi connectivity index (χ3n) is 4.79. The largest absolute Gasteiger partial charge is 0.507 e. The predicted molar refractivity (Wildman–Crippen MR) is 114 cm³/mol. The Hall–Kier alpha value is -3.94. The molecular formula is C23H23NO7. The topological polar surface area (TPSA) is 118 Å². The molecule has 8 nitrogen and oxygen atoms in total. The van der Waals surface area contributed by atoms with Gasteiger partial charge in [-0.1, -0.05) is 12.1 Å². The van der Waals surface area contributed by atoms with Gasteiger partial charge < -0.3 is 29.4 Å². The molecule has 1 heterocycles. The lowest BCUT2D eigenvalue weighted by atomic mass is 9.88. The molecule has 0 aliphatic carbocycles. The van der Waals surface area contributed by atoms with Gasteiger partial charge in [-0.3, -0.25) is 4.79 Å². The van der Waals surface area contributed by atoms with Crippen LogP contribution in [0.2, 0.25) is 0 Å². The summed E-state index contributed by atoms with van der Waals surface area (Å²) in [6, 6.07) is 12.7. The Bertz CT molecular complexity index is 1150. The lowest BCUT2D eigenvalue weighted by Crippen LogP contribution is -2.21. The molecule has 0 aliphatic heterocycles. The predicted octanol–water partition coefficient (Wildman–Crippen LogP) is 3.54. The fourth-order valence-electron chi connectivity index (χ4n) is 3.33. The van der Waals surface area contributed by atoms with Crippen LogP contribution in [-0.4, -0.2) is 30.3 Å². The van der Waals surface area contributed by atoms with Crippen LogP contribution in [0.1, 0.15) is 29.2 Å². The monoisotopic (exact) mass is 425 g/mol. The zero-order valence-corrected chi connectivity index (χ0v) is 17.3. The highest BCUT2D eigenvalue weighted by Gasteiger charge is 2.26. The highest BCUT2D eigenvalue weighted by Crippen LogP contribution is 2.36. The first-order chi connectivity index (χ1) is 14.8. The van der Waals surface area contributed by atoms with E-state index in [0.29, 0.717) is 17.0 Å². The summed E-state index contributed by atoms with van der Waals surface area (Å²) in [7, 11) is 2.93. The molecule has 0 saturated carbocycles. The average molecular weight is 425 g/mol. The first-order valence-corrected chi connectivity index (χ1v) is 9.46. The minimum atomic E-state index is -0.876. The Balaban J connectivity index is 1.99. The molecule has 1 amide bonds. The number of hydrogen-bond donors (Lipinski definition) is 3. The van der Waals surface area contributed by atoms with Crippen molar-refractivity contribution >= 4 is 11.6 Å². The van der Waals surface area contributed by atoms with E-state index >= 15 is 0 Å². The van der Waals surface area contributed by atoms with Crippen LogP contribution in [0.5, 0.6) is 23.0 Å². The van der Waals surface area contributed by atoms with Gasteiger partial charge in [0.15, 0.2) is 11.5 Å². The number of nitrogens with one attached hydrogen (secondary N) is 1. The van der Waals surface area contributed by atoms with Crippen LogP contribution in [0.25, 0.3) is 0 Å². The number of phenolic OH excluding ortho intramolecular Hbond substituents is 1. The molecule has 0 radical (unpaired) electrons.